The number of aryl methyl sites for hydroxylation is 1. The summed E-state index contributed by atoms with van der Waals surface area (Å²) in [5.74, 6) is -0.132. The third-order valence-electron chi connectivity index (χ3n) is 4.29. The molecule has 1 aromatic heterocycles. The van der Waals surface area contributed by atoms with E-state index in [-0.39, 0.29) is 22.9 Å². The maximum absolute atomic E-state index is 12.6. The van der Waals surface area contributed by atoms with E-state index in [1.165, 1.54) is 6.92 Å². The Morgan fingerprint density at radius 1 is 1.32 bits per heavy atom. The summed E-state index contributed by atoms with van der Waals surface area (Å²) in [4.78, 5) is 15.2. The monoisotopic (exact) mass is 327 g/mol. The minimum atomic E-state index is -3.43. The molecule has 0 spiro atoms. The topological polar surface area (TPSA) is 81.1 Å². The molecule has 1 heterocycles. The van der Waals surface area contributed by atoms with Crippen molar-refractivity contribution in [2.24, 2.45) is 0 Å². The van der Waals surface area contributed by atoms with E-state index in [0.717, 1.165) is 37.1 Å². The van der Waals surface area contributed by atoms with E-state index in [1.807, 2.05) is 18.4 Å². The zero-order chi connectivity index (χ0) is 16.3. The molecule has 7 heteroatoms. The number of amides is 1. The summed E-state index contributed by atoms with van der Waals surface area (Å²) >= 11 is 0. The van der Waals surface area contributed by atoms with Gasteiger partial charge in [0.05, 0.1) is 11.4 Å². The Morgan fingerprint density at radius 2 is 1.95 bits per heavy atom. The second-order valence-electron chi connectivity index (χ2n) is 6.03. The lowest BCUT2D eigenvalue weighted by Gasteiger charge is -2.17. The van der Waals surface area contributed by atoms with Crippen LogP contribution in [0.15, 0.2) is 5.16 Å². The Bertz CT molecular complexity index is 643. The first kappa shape index (κ1) is 17.0. The van der Waals surface area contributed by atoms with Gasteiger partial charge in [-0.1, -0.05) is 12.8 Å². The smallest absolute Gasteiger partial charge is 0.228 e. The first-order valence-electron chi connectivity index (χ1n) is 7.85. The summed E-state index contributed by atoms with van der Waals surface area (Å²) < 4.78 is 27.2. The summed E-state index contributed by atoms with van der Waals surface area (Å²) in [6.45, 7) is 5.60. The van der Waals surface area contributed by atoms with Crippen LogP contribution in [0.1, 0.15) is 56.5 Å². The molecular weight excluding hydrogens is 302 g/mol. The Balaban J connectivity index is 2.19. The first-order chi connectivity index (χ1) is 10.3. The van der Waals surface area contributed by atoms with Crippen LogP contribution in [0, 0.1) is 13.8 Å². The highest BCUT2D eigenvalue weighted by molar-refractivity contribution is 7.91. The summed E-state index contributed by atoms with van der Waals surface area (Å²) in [7, 11) is -3.43. The van der Waals surface area contributed by atoms with Crippen LogP contribution in [0.4, 0.5) is 0 Å². The number of nitrogens with zero attached hydrogens (tertiary/aromatic N) is 2. The molecule has 1 aliphatic rings. The quantitative estimate of drug-likeness (QED) is 0.809. The molecule has 0 atom stereocenters. The van der Waals surface area contributed by atoms with E-state index in [4.69, 9.17) is 0 Å². The molecule has 1 N–H and O–H groups in total. The number of nitrogens with one attached hydrogen (secondary N) is 1. The largest absolute Gasteiger partial charge is 0.356 e. The standard InChI is InChI=1S/C15H25N3O3S/c1-11-12(2)18(14-7-4-5-8-14)15(17-11)22(20,21)10-6-9-16-13(3)19/h14H,4-10H2,1-3H3,(H,16,19). The van der Waals surface area contributed by atoms with E-state index in [2.05, 4.69) is 10.3 Å². The van der Waals surface area contributed by atoms with Crippen molar-refractivity contribution in [1.29, 1.82) is 0 Å². The number of carbonyl (C=O) groups excluding carboxylic acids is 1. The SMILES string of the molecule is CC(=O)NCCCS(=O)(=O)c1nc(C)c(C)n1C1CCCC1. The maximum Gasteiger partial charge on any atom is 0.228 e. The number of sulfone groups is 1. The molecule has 1 aliphatic carbocycles. The van der Waals surface area contributed by atoms with E-state index >= 15 is 0 Å². The van der Waals surface area contributed by atoms with Crippen molar-refractivity contribution in [2.75, 3.05) is 12.3 Å². The number of aromatic nitrogens is 2. The van der Waals surface area contributed by atoms with Gasteiger partial charge in [0.1, 0.15) is 0 Å². The maximum atomic E-state index is 12.6. The fourth-order valence-corrected chi connectivity index (χ4v) is 4.59. The Hall–Kier alpha value is -1.37. The van der Waals surface area contributed by atoms with E-state index < -0.39 is 9.84 Å². The molecule has 0 unspecified atom stereocenters. The van der Waals surface area contributed by atoms with Gasteiger partial charge in [0.15, 0.2) is 0 Å². The molecule has 6 nitrogen and oxygen atoms in total. The third-order valence-corrected chi connectivity index (χ3v) is 5.96. The number of hydrogen-bond donors (Lipinski definition) is 1. The van der Waals surface area contributed by atoms with Crippen molar-refractivity contribution >= 4 is 15.7 Å². The predicted molar refractivity (Wildman–Crippen MR) is 84.6 cm³/mol. The molecule has 0 radical (unpaired) electrons. The summed E-state index contributed by atoms with van der Waals surface area (Å²) in [5, 5.41) is 2.83. The second kappa shape index (κ2) is 6.81. The van der Waals surface area contributed by atoms with Gasteiger partial charge in [0.25, 0.3) is 0 Å². The van der Waals surface area contributed by atoms with Gasteiger partial charge in [-0.25, -0.2) is 13.4 Å². The van der Waals surface area contributed by atoms with Gasteiger partial charge in [-0.3, -0.25) is 4.79 Å². The van der Waals surface area contributed by atoms with Crippen LogP contribution in [0.25, 0.3) is 0 Å². The normalized spacial score (nSPS) is 16.1. The summed E-state index contributed by atoms with van der Waals surface area (Å²) in [5.41, 5.74) is 1.74. The molecular formula is C15H25N3O3S. The molecule has 0 saturated heterocycles. The summed E-state index contributed by atoms with van der Waals surface area (Å²) in [6, 6.07) is 0.251. The highest BCUT2D eigenvalue weighted by Crippen LogP contribution is 2.33. The zero-order valence-corrected chi connectivity index (χ0v) is 14.4. The number of carbonyl (C=O) groups is 1. The number of rotatable bonds is 6. The zero-order valence-electron chi connectivity index (χ0n) is 13.6. The Kier molecular flexibility index (Phi) is 5.26. The molecule has 0 aliphatic heterocycles. The van der Waals surface area contributed by atoms with E-state index in [1.54, 1.807) is 0 Å². The van der Waals surface area contributed by atoms with Crippen LogP contribution in [-0.4, -0.2) is 36.2 Å². The van der Waals surface area contributed by atoms with Crippen molar-refractivity contribution in [3.8, 4) is 0 Å². The van der Waals surface area contributed by atoms with Crippen LogP contribution in [0.2, 0.25) is 0 Å². The van der Waals surface area contributed by atoms with Crippen LogP contribution in [-0.2, 0) is 14.6 Å². The summed E-state index contributed by atoms with van der Waals surface area (Å²) in [6.07, 6.45) is 4.72. The average molecular weight is 327 g/mol. The van der Waals surface area contributed by atoms with Crippen molar-refractivity contribution in [3.05, 3.63) is 11.4 Å². The molecule has 0 bridgehead atoms. The van der Waals surface area contributed by atoms with Crippen LogP contribution < -0.4 is 5.32 Å². The molecule has 1 amide bonds. The van der Waals surface area contributed by atoms with Crippen molar-refractivity contribution in [1.82, 2.24) is 14.9 Å². The minimum absolute atomic E-state index is 0.00981. The van der Waals surface area contributed by atoms with Crippen LogP contribution in [0.3, 0.4) is 0 Å². The molecule has 1 saturated carbocycles. The van der Waals surface area contributed by atoms with Gasteiger partial charge < -0.3 is 9.88 Å². The highest BCUT2D eigenvalue weighted by Gasteiger charge is 2.29. The molecule has 124 valence electrons. The lowest BCUT2D eigenvalue weighted by molar-refractivity contribution is -0.118. The van der Waals surface area contributed by atoms with Gasteiger partial charge in [-0.15, -0.1) is 0 Å². The van der Waals surface area contributed by atoms with E-state index in [9.17, 15) is 13.2 Å². The Morgan fingerprint density at radius 3 is 2.55 bits per heavy atom. The van der Waals surface area contributed by atoms with Crippen molar-refractivity contribution < 1.29 is 13.2 Å². The highest BCUT2D eigenvalue weighted by atomic mass is 32.2. The van der Waals surface area contributed by atoms with Crippen molar-refractivity contribution in [3.63, 3.8) is 0 Å². The van der Waals surface area contributed by atoms with Gasteiger partial charge in [0.2, 0.25) is 20.9 Å². The molecule has 22 heavy (non-hydrogen) atoms. The van der Waals surface area contributed by atoms with Crippen molar-refractivity contribution in [2.45, 2.75) is 64.1 Å². The van der Waals surface area contributed by atoms with Crippen LogP contribution in [0.5, 0.6) is 0 Å². The lowest BCUT2D eigenvalue weighted by atomic mass is 10.2. The Labute approximate surface area is 132 Å². The lowest BCUT2D eigenvalue weighted by Crippen LogP contribution is -2.24. The number of imidazole rings is 1. The van der Waals surface area contributed by atoms with Gasteiger partial charge in [0, 0.05) is 25.2 Å². The van der Waals surface area contributed by atoms with Gasteiger partial charge in [-0.05, 0) is 33.1 Å². The fraction of sp³-hybridized carbons (Fsp3) is 0.733. The number of hydrogen-bond acceptors (Lipinski definition) is 4. The van der Waals surface area contributed by atoms with Crippen LogP contribution >= 0.6 is 0 Å². The van der Waals surface area contributed by atoms with Gasteiger partial charge in [-0.2, -0.15) is 0 Å². The third kappa shape index (κ3) is 3.69. The fourth-order valence-electron chi connectivity index (χ4n) is 3.03. The first-order valence-corrected chi connectivity index (χ1v) is 9.51. The van der Waals surface area contributed by atoms with E-state index in [0.29, 0.717) is 13.0 Å². The second-order valence-corrected chi connectivity index (χ2v) is 8.03. The van der Waals surface area contributed by atoms with Gasteiger partial charge >= 0.3 is 0 Å². The minimum Gasteiger partial charge on any atom is -0.356 e. The molecule has 1 aromatic rings. The predicted octanol–water partition coefficient (Wildman–Crippen LogP) is 1.91. The molecule has 1 fully saturated rings. The average Bonchev–Trinajstić information content (AvgIpc) is 3.04. The molecule has 2 rings (SSSR count). The molecule has 0 aromatic carbocycles.